The van der Waals surface area contributed by atoms with Crippen molar-refractivity contribution in [3.8, 4) is 11.5 Å². The molecule has 4 heteroatoms. The Balaban J connectivity index is 1.84. The van der Waals surface area contributed by atoms with Gasteiger partial charge in [0, 0.05) is 16.5 Å². The van der Waals surface area contributed by atoms with Gasteiger partial charge in [-0.1, -0.05) is 142 Å². The molecule has 0 radical (unpaired) electrons. The molecule has 0 bridgehead atoms. The predicted molar refractivity (Wildman–Crippen MR) is 202 cm³/mol. The van der Waals surface area contributed by atoms with Crippen molar-refractivity contribution >= 4 is 23.6 Å². The van der Waals surface area contributed by atoms with Crippen molar-refractivity contribution in [3.63, 3.8) is 0 Å². The zero-order chi connectivity index (χ0) is 32.9. The van der Waals surface area contributed by atoms with Gasteiger partial charge in [-0.15, -0.1) is 11.8 Å². The maximum Gasteiger partial charge on any atom is 0.185 e. The lowest BCUT2D eigenvalue weighted by Gasteiger charge is -2.12. The molecule has 0 aliphatic rings. The standard InChI is InChI=1S/C42H66O3S/c1-4-7-9-11-13-15-17-19-21-23-31-44-39-34-37(25-30-42(43)38-26-28-41(29-27-38)46-33-6-3)35-40(36-39)45-32-24-22-20-18-16-14-12-10-8-5-2/h25-30,34-36H,4-24,31-33H2,1-3H3. The molecule has 46 heavy (non-hydrogen) atoms. The van der Waals surface area contributed by atoms with Gasteiger partial charge in [-0.3, -0.25) is 4.79 Å². The number of allylic oxidation sites excluding steroid dienone is 1. The molecule has 0 amide bonds. The molecule has 0 atom stereocenters. The zero-order valence-corrected chi connectivity index (χ0v) is 30.6. The molecule has 0 aliphatic heterocycles. The molecule has 0 spiro atoms. The molecule has 0 heterocycles. The number of carbonyl (C=O) groups excluding carboxylic acids is 1. The van der Waals surface area contributed by atoms with E-state index in [0.717, 1.165) is 42.1 Å². The highest BCUT2D eigenvalue weighted by molar-refractivity contribution is 7.99. The molecule has 0 saturated heterocycles. The molecular formula is C42H66O3S. The highest BCUT2D eigenvalue weighted by atomic mass is 32.2. The van der Waals surface area contributed by atoms with Crippen LogP contribution in [0.4, 0.5) is 0 Å². The van der Waals surface area contributed by atoms with Crippen molar-refractivity contribution in [1.82, 2.24) is 0 Å². The first-order valence-electron chi connectivity index (χ1n) is 19.0. The number of benzene rings is 2. The number of hydrogen-bond donors (Lipinski definition) is 0. The van der Waals surface area contributed by atoms with Gasteiger partial charge in [0.2, 0.25) is 0 Å². The average Bonchev–Trinajstić information content (AvgIpc) is 3.07. The minimum atomic E-state index is 0.0107. The molecule has 3 nitrogen and oxygen atoms in total. The lowest BCUT2D eigenvalue weighted by atomic mass is 10.1. The molecule has 0 saturated carbocycles. The first-order chi connectivity index (χ1) is 22.7. The number of unbranched alkanes of at least 4 members (excludes halogenated alkanes) is 18. The van der Waals surface area contributed by atoms with Crippen molar-refractivity contribution in [2.24, 2.45) is 0 Å². The minimum Gasteiger partial charge on any atom is -0.493 e. The van der Waals surface area contributed by atoms with Crippen LogP contribution in [0.2, 0.25) is 0 Å². The fourth-order valence-corrected chi connectivity index (χ4v) is 6.39. The second kappa shape index (κ2) is 27.9. The topological polar surface area (TPSA) is 35.5 Å². The van der Waals surface area contributed by atoms with Gasteiger partial charge in [0.25, 0.3) is 0 Å². The monoisotopic (exact) mass is 650 g/mol. The van der Waals surface area contributed by atoms with E-state index in [1.807, 2.05) is 60.3 Å². The third-order valence-corrected chi connectivity index (χ3v) is 9.69. The van der Waals surface area contributed by atoms with E-state index in [1.165, 1.54) is 120 Å². The van der Waals surface area contributed by atoms with E-state index in [1.54, 1.807) is 6.08 Å². The molecule has 0 aliphatic carbocycles. The molecule has 0 fully saturated rings. The largest absolute Gasteiger partial charge is 0.493 e. The summed E-state index contributed by atoms with van der Waals surface area (Å²) < 4.78 is 12.4. The van der Waals surface area contributed by atoms with Gasteiger partial charge in [0.15, 0.2) is 5.78 Å². The Kier molecular flexibility index (Phi) is 24.2. The van der Waals surface area contributed by atoms with Gasteiger partial charge in [0.05, 0.1) is 13.2 Å². The summed E-state index contributed by atoms with van der Waals surface area (Å²) in [5.74, 6) is 2.74. The maximum absolute atomic E-state index is 12.9. The molecule has 2 rings (SSSR count). The van der Waals surface area contributed by atoms with E-state index in [0.29, 0.717) is 18.8 Å². The van der Waals surface area contributed by atoms with Crippen molar-refractivity contribution < 1.29 is 14.3 Å². The SMILES string of the molecule is CCCCCCCCCCCCOc1cc(C=CC(=O)c2ccc(SCCC)cc2)cc(OCCCCCCCCCCCC)c1. The number of rotatable bonds is 30. The van der Waals surface area contributed by atoms with Gasteiger partial charge >= 0.3 is 0 Å². The normalized spacial score (nSPS) is 11.4. The molecule has 258 valence electrons. The zero-order valence-electron chi connectivity index (χ0n) is 29.8. The summed E-state index contributed by atoms with van der Waals surface area (Å²) in [6.07, 6.45) is 30.9. The van der Waals surface area contributed by atoms with Crippen LogP contribution in [-0.4, -0.2) is 24.7 Å². The van der Waals surface area contributed by atoms with Crippen LogP contribution in [0, 0.1) is 0 Å². The Morgan fingerprint density at radius 3 is 1.43 bits per heavy atom. The Labute approximate surface area is 287 Å². The van der Waals surface area contributed by atoms with Gasteiger partial charge in [-0.25, -0.2) is 0 Å². The number of hydrogen-bond acceptors (Lipinski definition) is 4. The van der Waals surface area contributed by atoms with Crippen LogP contribution in [0.25, 0.3) is 6.08 Å². The van der Waals surface area contributed by atoms with Gasteiger partial charge in [-0.2, -0.15) is 0 Å². The van der Waals surface area contributed by atoms with Crippen LogP contribution >= 0.6 is 11.8 Å². The molecule has 0 unspecified atom stereocenters. The van der Waals surface area contributed by atoms with Crippen molar-refractivity contribution in [2.45, 2.75) is 161 Å². The van der Waals surface area contributed by atoms with E-state index < -0.39 is 0 Å². The highest BCUT2D eigenvalue weighted by Crippen LogP contribution is 2.26. The lowest BCUT2D eigenvalue weighted by Crippen LogP contribution is -2.01. The number of thioether (sulfide) groups is 1. The van der Waals surface area contributed by atoms with E-state index in [4.69, 9.17) is 9.47 Å². The summed E-state index contributed by atoms with van der Waals surface area (Å²) >= 11 is 1.83. The van der Waals surface area contributed by atoms with Crippen LogP contribution in [-0.2, 0) is 0 Å². The van der Waals surface area contributed by atoms with Crippen molar-refractivity contribution in [1.29, 1.82) is 0 Å². The molecule has 2 aromatic carbocycles. The fraction of sp³-hybridized carbons (Fsp3) is 0.643. The lowest BCUT2D eigenvalue weighted by molar-refractivity contribution is 0.104. The van der Waals surface area contributed by atoms with Crippen LogP contribution in [0.5, 0.6) is 11.5 Å². The molecule has 2 aromatic rings. The second-order valence-electron chi connectivity index (χ2n) is 12.9. The summed E-state index contributed by atoms with van der Waals surface area (Å²) in [6.45, 7) is 8.16. The van der Waals surface area contributed by atoms with E-state index in [-0.39, 0.29) is 5.78 Å². The smallest absolute Gasteiger partial charge is 0.185 e. The van der Waals surface area contributed by atoms with Crippen LogP contribution in [0.1, 0.15) is 172 Å². The third-order valence-electron chi connectivity index (χ3n) is 8.47. The first-order valence-corrected chi connectivity index (χ1v) is 20.0. The Morgan fingerprint density at radius 2 is 1.00 bits per heavy atom. The Bertz CT molecular complexity index is 1000. The van der Waals surface area contributed by atoms with Gasteiger partial charge in [-0.05, 0) is 73.1 Å². The minimum absolute atomic E-state index is 0.0107. The van der Waals surface area contributed by atoms with E-state index in [9.17, 15) is 4.79 Å². The Hall–Kier alpha value is -2.20. The highest BCUT2D eigenvalue weighted by Gasteiger charge is 2.06. The van der Waals surface area contributed by atoms with Crippen LogP contribution < -0.4 is 9.47 Å². The predicted octanol–water partition coefficient (Wildman–Crippen LogP) is 13.7. The molecule has 0 N–H and O–H groups in total. The van der Waals surface area contributed by atoms with Crippen LogP contribution in [0.3, 0.4) is 0 Å². The van der Waals surface area contributed by atoms with Gasteiger partial charge < -0.3 is 9.47 Å². The maximum atomic E-state index is 12.9. The van der Waals surface area contributed by atoms with E-state index in [2.05, 4.69) is 20.8 Å². The third kappa shape index (κ3) is 20.1. The summed E-state index contributed by atoms with van der Waals surface area (Å²) in [7, 11) is 0. The fourth-order valence-electron chi connectivity index (χ4n) is 5.62. The van der Waals surface area contributed by atoms with E-state index >= 15 is 0 Å². The quantitative estimate of drug-likeness (QED) is 0.0365. The summed E-state index contributed by atoms with van der Waals surface area (Å²) in [5, 5.41) is 0. The van der Waals surface area contributed by atoms with Gasteiger partial charge in [0.1, 0.15) is 11.5 Å². The van der Waals surface area contributed by atoms with Crippen molar-refractivity contribution in [3.05, 3.63) is 59.7 Å². The Morgan fingerprint density at radius 1 is 0.565 bits per heavy atom. The number of ether oxygens (including phenoxy) is 2. The average molecular weight is 651 g/mol. The van der Waals surface area contributed by atoms with Crippen molar-refractivity contribution in [2.75, 3.05) is 19.0 Å². The summed E-state index contributed by atoms with van der Waals surface area (Å²) in [6, 6.07) is 14.0. The number of carbonyl (C=O) groups is 1. The summed E-state index contributed by atoms with van der Waals surface area (Å²) in [5.41, 5.74) is 1.64. The second-order valence-corrected chi connectivity index (χ2v) is 14.0. The first kappa shape index (κ1) is 40.0. The number of ketones is 1. The molecule has 0 aromatic heterocycles. The van der Waals surface area contributed by atoms with Crippen LogP contribution in [0.15, 0.2) is 53.4 Å². The summed E-state index contributed by atoms with van der Waals surface area (Å²) in [4.78, 5) is 14.1. The molecular weight excluding hydrogens is 585 g/mol.